The maximum absolute atomic E-state index is 10.0. The fourth-order valence-electron chi connectivity index (χ4n) is 0.139. The quantitative estimate of drug-likeness (QED) is 0.178. The van der Waals surface area contributed by atoms with Crippen molar-refractivity contribution >= 4 is 45.2 Å². The van der Waals surface area contributed by atoms with E-state index in [0.29, 0.717) is 0 Å². The molecular weight excluding hydrogens is 346 g/mol. The molecule has 0 aromatic rings. The summed E-state index contributed by atoms with van der Waals surface area (Å²) in [6.45, 7) is 0. The van der Waals surface area contributed by atoms with E-state index in [1.54, 1.807) is 0 Å². The van der Waals surface area contributed by atoms with Crippen LogP contribution in [-0.2, 0) is 17.1 Å². The van der Waals surface area contributed by atoms with E-state index in [1.165, 1.54) is 0 Å². The van der Waals surface area contributed by atoms with Crippen molar-refractivity contribution in [3.63, 3.8) is 0 Å². The van der Waals surface area contributed by atoms with Crippen molar-refractivity contribution in [2.75, 3.05) is 0 Å². The topological polar surface area (TPSA) is 133 Å². The zero-order valence-corrected chi connectivity index (χ0v) is 10.2. The van der Waals surface area contributed by atoms with Gasteiger partial charge in [0.25, 0.3) is 0 Å². The van der Waals surface area contributed by atoms with E-state index in [4.69, 9.17) is 9.11 Å². The fourth-order valence-corrected chi connectivity index (χ4v) is 4.40. The first-order valence-corrected chi connectivity index (χ1v) is 10.7. The summed E-state index contributed by atoms with van der Waals surface area (Å²) >= 11 is -2.72. The number of nitrogens with one attached hydrogen (secondary N) is 2. The summed E-state index contributed by atoms with van der Waals surface area (Å²) in [7, 11) is -8.24. The Hall–Kier alpha value is 0.779. The third kappa shape index (κ3) is 10.8. The predicted molar refractivity (Wildman–Crippen MR) is 40.9 cm³/mol. The second-order valence-corrected chi connectivity index (χ2v) is 11.5. The third-order valence-corrected chi connectivity index (χ3v) is 5.71. The Morgan fingerprint density at radius 3 is 1.25 bits per heavy atom. The minimum absolute atomic E-state index is 1.36. The molecule has 12 heteroatoms. The van der Waals surface area contributed by atoms with Crippen LogP contribution in [0.25, 0.3) is 0 Å². The molecule has 0 radical (unpaired) electrons. The van der Waals surface area contributed by atoms with Gasteiger partial charge in [-0.1, -0.05) is 0 Å². The molecular formula is H4N2O6S2Se2. The average molecular weight is 350 g/mol. The van der Waals surface area contributed by atoms with Gasteiger partial charge in [0, 0.05) is 0 Å². The Bertz CT molecular complexity index is 281. The number of hydrazine groups is 1. The van der Waals surface area contributed by atoms with Gasteiger partial charge in [0.2, 0.25) is 0 Å². The van der Waals surface area contributed by atoms with Gasteiger partial charge in [-0.25, -0.2) is 0 Å². The summed E-state index contributed by atoms with van der Waals surface area (Å²) in [4.78, 5) is 0. The van der Waals surface area contributed by atoms with E-state index in [0.717, 1.165) is 0 Å². The molecule has 0 fully saturated rings. The molecule has 0 heterocycles. The fraction of sp³-hybridized carbons (Fsp3) is 0. The third-order valence-electron chi connectivity index (χ3n) is 0.336. The summed E-state index contributed by atoms with van der Waals surface area (Å²) in [5, 5.41) is 0. The molecule has 0 atom stereocenters. The Morgan fingerprint density at radius 2 is 1.08 bits per heavy atom. The molecule has 0 bridgehead atoms. The summed E-state index contributed by atoms with van der Waals surface area (Å²) in [5.74, 6) is 0. The summed E-state index contributed by atoms with van der Waals surface area (Å²) < 4.78 is 60.3. The van der Waals surface area contributed by atoms with E-state index < -0.39 is 45.2 Å². The molecule has 0 spiro atoms. The van der Waals surface area contributed by atoms with Crippen molar-refractivity contribution in [1.82, 2.24) is 8.88 Å². The van der Waals surface area contributed by atoms with Gasteiger partial charge in [0.05, 0.1) is 0 Å². The number of hydrogen-bond acceptors (Lipinski definition) is 6. The number of hydrogen-bond donors (Lipinski definition) is 4. The van der Waals surface area contributed by atoms with Gasteiger partial charge in [0.1, 0.15) is 0 Å². The zero-order valence-electron chi connectivity index (χ0n) is 5.16. The first kappa shape index (κ1) is 12.8. The molecule has 0 rings (SSSR count). The van der Waals surface area contributed by atoms with Crippen molar-refractivity contribution < 1.29 is 25.9 Å². The molecule has 0 aromatic carbocycles. The van der Waals surface area contributed by atoms with Crippen molar-refractivity contribution in [1.29, 1.82) is 0 Å². The molecule has 0 aliphatic carbocycles. The van der Waals surface area contributed by atoms with Crippen molar-refractivity contribution in [2.24, 2.45) is 0 Å². The molecule has 0 amide bonds. The van der Waals surface area contributed by atoms with Crippen molar-refractivity contribution in [3.05, 3.63) is 0 Å². The van der Waals surface area contributed by atoms with E-state index in [9.17, 15) is 16.8 Å². The average Bonchev–Trinajstić information content (AvgIpc) is 1.76. The molecule has 0 aromatic heterocycles. The van der Waals surface area contributed by atoms with Gasteiger partial charge < -0.3 is 0 Å². The van der Waals surface area contributed by atoms with Gasteiger partial charge in [-0.15, -0.1) is 0 Å². The molecule has 0 saturated carbocycles. The van der Waals surface area contributed by atoms with Crippen LogP contribution >= 0.6 is 0 Å². The molecule has 0 unspecified atom stereocenters. The summed E-state index contributed by atoms with van der Waals surface area (Å²) in [6, 6.07) is 0. The van der Waals surface area contributed by atoms with Crippen LogP contribution in [0.15, 0.2) is 0 Å². The van der Waals surface area contributed by atoms with Gasteiger partial charge in [0.15, 0.2) is 0 Å². The first-order chi connectivity index (χ1) is 5.21. The Balaban J connectivity index is 3.62. The van der Waals surface area contributed by atoms with Gasteiger partial charge in [-0.05, 0) is 0 Å². The number of rotatable bonds is 5. The van der Waals surface area contributed by atoms with Crippen LogP contribution in [0, 0.1) is 0 Å². The van der Waals surface area contributed by atoms with Crippen LogP contribution in [0.5, 0.6) is 0 Å². The molecule has 0 aliphatic heterocycles. The second kappa shape index (κ2) is 4.86. The Kier molecular flexibility index (Phi) is 5.18. The van der Waals surface area contributed by atoms with Crippen molar-refractivity contribution in [2.45, 2.75) is 0 Å². The predicted octanol–water partition coefficient (Wildman–Crippen LogP) is -3.08. The van der Waals surface area contributed by atoms with E-state index >= 15 is 0 Å². The minimum atomic E-state index is -4.12. The van der Waals surface area contributed by atoms with E-state index in [1.807, 2.05) is 8.88 Å². The van der Waals surface area contributed by atoms with Crippen LogP contribution < -0.4 is 8.88 Å². The van der Waals surface area contributed by atoms with E-state index in [2.05, 4.69) is 0 Å². The van der Waals surface area contributed by atoms with E-state index in [-0.39, 0.29) is 0 Å². The Labute approximate surface area is 79.8 Å². The molecule has 12 heavy (non-hydrogen) atoms. The molecule has 0 saturated heterocycles. The standard InChI is InChI=1S/H4N2O6S2Se2/c3-9(4,5)11-1-2-12-10(6,7)8/h1-2H,(H,3,4,5)(H,6,7,8). The maximum atomic E-state index is 10.0. The van der Waals surface area contributed by atoms with Gasteiger partial charge >= 0.3 is 80.0 Å². The van der Waals surface area contributed by atoms with Crippen LogP contribution in [0.1, 0.15) is 0 Å². The normalized spacial score (nSPS) is 13.2. The molecule has 74 valence electrons. The molecule has 8 nitrogen and oxygen atoms in total. The molecule has 4 N–H and O–H groups in total. The monoisotopic (exact) mass is 352 g/mol. The van der Waals surface area contributed by atoms with Crippen LogP contribution in [-0.4, -0.2) is 54.0 Å². The van der Waals surface area contributed by atoms with Crippen LogP contribution in [0.3, 0.4) is 0 Å². The summed E-state index contributed by atoms with van der Waals surface area (Å²) in [5.41, 5.74) is 0. The van der Waals surface area contributed by atoms with Gasteiger partial charge in [-0.2, -0.15) is 0 Å². The van der Waals surface area contributed by atoms with Crippen LogP contribution in [0.4, 0.5) is 0 Å². The van der Waals surface area contributed by atoms with Crippen molar-refractivity contribution in [3.8, 4) is 0 Å². The second-order valence-electron chi connectivity index (χ2n) is 1.23. The zero-order chi connectivity index (χ0) is 9.83. The first-order valence-electron chi connectivity index (χ1n) is 2.02. The Morgan fingerprint density at radius 1 is 0.833 bits per heavy atom. The van der Waals surface area contributed by atoms with Crippen LogP contribution in [0.2, 0.25) is 0 Å². The van der Waals surface area contributed by atoms with Gasteiger partial charge in [-0.3, -0.25) is 0 Å². The summed E-state index contributed by atoms with van der Waals surface area (Å²) in [6.07, 6.45) is 0. The SMILES string of the molecule is O=S(=O)(O)[Se]NN[Se]S(=O)(=O)O. The molecule has 0 aliphatic rings.